The number of piperidine rings is 1. The molecular formula is C15H22N4O4. The summed E-state index contributed by atoms with van der Waals surface area (Å²) >= 11 is 0. The Bertz CT molecular complexity index is 619. The van der Waals surface area contributed by atoms with Crippen molar-refractivity contribution in [3.8, 4) is 0 Å². The van der Waals surface area contributed by atoms with Crippen molar-refractivity contribution in [2.45, 2.75) is 50.0 Å². The molecule has 8 nitrogen and oxygen atoms in total. The first-order valence-corrected chi connectivity index (χ1v) is 8.06. The standard InChI is InChI=1S/C15H22N4O4/c1-18-13(12(9-17-18)19(22)23)10-2-5-15(6-3-10)8-11(14(20)21)4-7-16-15/h9-11,16H,2-8H2,1H3,(H,20,21). The van der Waals surface area contributed by atoms with Crippen LogP contribution in [0, 0.1) is 16.0 Å². The van der Waals surface area contributed by atoms with Gasteiger partial charge in [-0.05, 0) is 45.1 Å². The number of aryl methyl sites for hydroxylation is 1. The fourth-order valence-corrected chi connectivity index (χ4v) is 4.24. The second-order valence-corrected chi connectivity index (χ2v) is 6.81. The quantitative estimate of drug-likeness (QED) is 0.648. The summed E-state index contributed by atoms with van der Waals surface area (Å²) in [4.78, 5) is 22.1. The summed E-state index contributed by atoms with van der Waals surface area (Å²) in [7, 11) is 1.74. The second kappa shape index (κ2) is 5.92. The Labute approximate surface area is 134 Å². The number of aromatic nitrogens is 2. The van der Waals surface area contributed by atoms with Crippen LogP contribution in [-0.2, 0) is 11.8 Å². The molecule has 0 amide bonds. The second-order valence-electron chi connectivity index (χ2n) is 6.81. The van der Waals surface area contributed by atoms with Gasteiger partial charge in [-0.1, -0.05) is 0 Å². The van der Waals surface area contributed by atoms with Gasteiger partial charge in [-0.15, -0.1) is 0 Å². The maximum Gasteiger partial charge on any atom is 0.310 e. The van der Waals surface area contributed by atoms with E-state index in [4.69, 9.17) is 0 Å². The van der Waals surface area contributed by atoms with Gasteiger partial charge in [0.15, 0.2) is 0 Å². The van der Waals surface area contributed by atoms with E-state index in [0.717, 1.165) is 32.2 Å². The van der Waals surface area contributed by atoms with Crippen LogP contribution >= 0.6 is 0 Å². The van der Waals surface area contributed by atoms with Gasteiger partial charge >= 0.3 is 11.7 Å². The molecule has 1 aliphatic carbocycles. The molecule has 1 unspecified atom stereocenters. The Morgan fingerprint density at radius 1 is 1.48 bits per heavy atom. The smallest absolute Gasteiger partial charge is 0.310 e. The number of hydrogen-bond acceptors (Lipinski definition) is 5. The van der Waals surface area contributed by atoms with Crippen LogP contribution in [0.15, 0.2) is 6.20 Å². The molecule has 0 aromatic carbocycles. The Morgan fingerprint density at radius 2 is 2.17 bits per heavy atom. The van der Waals surface area contributed by atoms with Gasteiger partial charge in [-0.2, -0.15) is 5.10 Å². The predicted octanol–water partition coefficient (Wildman–Crippen LogP) is 1.81. The molecule has 3 rings (SSSR count). The van der Waals surface area contributed by atoms with Gasteiger partial charge in [0.25, 0.3) is 0 Å². The van der Waals surface area contributed by atoms with Crippen molar-refractivity contribution < 1.29 is 14.8 Å². The van der Waals surface area contributed by atoms with Crippen molar-refractivity contribution in [1.82, 2.24) is 15.1 Å². The molecule has 0 bridgehead atoms. The molecule has 8 heteroatoms. The van der Waals surface area contributed by atoms with Gasteiger partial charge < -0.3 is 10.4 Å². The molecule has 1 atom stereocenters. The molecule has 126 valence electrons. The van der Waals surface area contributed by atoms with Crippen LogP contribution in [0.2, 0.25) is 0 Å². The van der Waals surface area contributed by atoms with Crippen molar-refractivity contribution in [3.05, 3.63) is 22.0 Å². The molecule has 2 heterocycles. The van der Waals surface area contributed by atoms with E-state index in [1.165, 1.54) is 6.20 Å². The van der Waals surface area contributed by atoms with Gasteiger partial charge in [0.1, 0.15) is 11.9 Å². The van der Waals surface area contributed by atoms with E-state index in [9.17, 15) is 20.0 Å². The topological polar surface area (TPSA) is 110 Å². The lowest BCUT2D eigenvalue weighted by Crippen LogP contribution is -2.54. The van der Waals surface area contributed by atoms with Crippen LogP contribution < -0.4 is 5.32 Å². The Balaban J connectivity index is 1.73. The third kappa shape index (κ3) is 2.95. The average Bonchev–Trinajstić information content (AvgIpc) is 2.90. The zero-order valence-electron chi connectivity index (χ0n) is 13.2. The summed E-state index contributed by atoms with van der Waals surface area (Å²) in [5, 5.41) is 28.0. The van der Waals surface area contributed by atoms with Gasteiger partial charge in [0.2, 0.25) is 0 Å². The molecule has 1 aliphatic heterocycles. The maximum absolute atomic E-state index is 11.3. The maximum atomic E-state index is 11.3. The number of carbonyl (C=O) groups is 1. The van der Waals surface area contributed by atoms with Crippen LogP contribution in [0.3, 0.4) is 0 Å². The molecule has 2 fully saturated rings. The number of nitrogens with one attached hydrogen (secondary N) is 1. The van der Waals surface area contributed by atoms with Crippen LogP contribution in [0.4, 0.5) is 5.69 Å². The van der Waals surface area contributed by atoms with Crippen molar-refractivity contribution >= 4 is 11.7 Å². The molecule has 1 saturated heterocycles. The zero-order valence-corrected chi connectivity index (χ0v) is 13.2. The van der Waals surface area contributed by atoms with E-state index >= 15 is 0 Å². The molecule has 2 aliphatic rings. The number of rotatable bonds is 3. The monoisotopic (exact) mass is 322 g/mol. The number of hydrogen-bond donors (Lipinski definition) is 2. The highest BCUT2D eigenvalue weighted by Crippen LogP contribution is 2.44. The van der Waals surface area contributed by atoms with Crippen LogP contribution in [-0.4, -0.2) is 37.9 Å². The minimum absolute atomic E-state index is 0.0912. The highest BCUT2D eigenvalue weighted by atomic mass is 16.6. The summed E-state index contributed by atoms with van der Waals surface area (Å²) in [5.74, 6) is -0.880. The molecule has 1 spiro atoms. The molecule has 1 aromatic rings. The Kier molecular flexibility index (Phi) is 4.09. The minimum Gasteiger partial charge on any atom is -0.481 e. The SMILES string of the molecule is Cn1ncc([N+](=O)[O-])c1C1CCC2(CC1)CC(C(=O)O)CCN2. The molecule has 1 aromatic heterocycles. The van der Waals surface area contributed by atoms with Gasteiger partial charge in [-0.3, -0.25) is 19.6 Å². The van der Waals surface area contributed by atoms with Gasteiger partial charge in [-0.25, -0.2) is 0 Å². The summed E-state index contributed by atoms with van der Waals surface area (Å²) in [5.41, 5.74) is 0.662. The van der Waals surface area contributed by atoms with Crippen LogP contribution in [0.25, 0.3) is 0 Å². The lowest BCUT2D eigenvalue weighted by Gasteiger charge is -2.45. The minimum atomic E-state index is -0.713. The number of carboxylic acids is 1. The van der Waals surface area contributed by atoms with Crippen molar-refractivity contribution in [3.63, 3.8) is 0 Å². The highest BCUT2D eigenvalue weighted by Gasteiger charge is 2.43. The van der Waals surface area contributed by atoms with E-state index < -0.39 is 5.97 Å². The van der Waals surface area contributed by atoms with E-state index in [1.807, 2.05) is 0 Å². The van der Waals surface area contributed by atoms with E-state index in [2.05, 4.69) is 10.4 Å². The van der Waals surface area contributed by atoms with Crippen molar-refractivity contribution in [1.29, 1.82) is 0 Å². The van der Waals surface area contributed by atoms with Gasteiger partial charge in [0, 0.05) is 18.5 Å². The number of aliphatic carboxylic acids is 1. The molecule has 23 heavy (non-hydrogen) atoms. The van der Waals surface area contributed by atoms with E-state index in [0.29, 0.717) is 18.5 Å². The molecule has 0 radical (unpaired) electrons. The highest BCUT2D eigenvalue weighted by molar-refractivity contribution is 5.70. The lowest BCUT2D eigenvalue weighted by atomic mass is 9.69. The number of nitro groups is 1. The van der Waals surface area contributed by atoms with Gasteiger partial charge in [0.05, 0.1) is 10.8 Å². The summed E-state index contributed by atoms with van der Waals surface area (Å²) in [6.07, 6.45) is 5.99. The first kappa shape index (κ1) is 15.9. The third-order valence-corrected chi connectivity index (χ3v) is 5.47. The van der Waals surface area contributed by atoms with Crippen LogP contribution in [0.1, 0.15) is 50.1 Å². The first-order chi connectivity index (χ1) is 10.9. The molecule has 2 N–H and O–H groups in total. The largest absolute Gasteiger partial charge is 0.481 e. The summed E-state index contributed by atoms with van der Waals surface area (Å²) < 4.78 is 1.61. The first-order valence-electron chi connectivity index (χ1n) is 8.06. The van der Waals surface area contributed by atoms with E-state index in [-0.39, 0.29) is 28.0 Å². The fourth-order valence-electron chi connectivity index (χ4n) is 4.24. The number of nitrogens with zero attached hydrogens (tertiary/aromatic N) is 3. The molecule has 1 saturated carbocycles. The third-order valence-electron chi connectivity index (χ3n) is 5.47. The summed E-state index contributed by atoms with van der Waals surface area (Å²) in [6, 6.07) is 0. The normalized spacial score (nSPS) is 31.2. The van der Waals surface area contributed by atoms with Crippen molar-refractivity contribution in [2.24, 2.45) is 13.0 Å². The van der Waals surface area contributed by atoms with Crippen LogP contribution in [0.5, 0.6) is 0 Å². The lowest BCUT2D eigenvalue weighted by molar-refractivity contribution is -0.385. The predicted molar refractivity (Wildman–Crippen MR) is 82.2 cm³/mol. The summed E-state index contributed by atoms with van der Waals surface area (Å²) in [6.45, 7) is 0.730. The van der Waals surface area contributed by atoms with E-state index in [1.54, 1.807) is 11.7 Å². The fraction of sp³-hybridized carbons (Fsp3) is 0.733. The molecular weight excluding hydrogens is 300 g/mol. The van der Waals surface area contributed by atoms with Crippen molar-refractivity contribution in [2.75, 3.05) is 6.54 Å². The number of carboxylic acid groups (broad SMARTS) is 1. The Hall–Kier alpha value is -1.96. The average molecular weight is 322 g/mol. The zero-order chi connectivity index (χ0) is 16.6. The Morgan fingerprint density at radius 3 is 2.78 bits per heavy atom.